The number of hydrogen-bond acceptors (Lipinski definition) is 4. The van der Waals surface area contributed by atoms with Crippen molar-refractivity contribution in [3.8, 4) is 0 Å². The molecular formula is C18H21N3O2. The zero-order valence-electron chi connectivity index (χ0n) is 13.8. The summed E-state index contributed by atoms with van der Waals surface area (Å²) in [6, 6.07) is 8.08. The maximum atomic E-state index is 13.3. The van der Waals surface area contributed by atoms with Gasteiger partial charge < -0.3 is 4.90 Å². The average molecular weight is 311 g/mol. The van der Waals surface area contributed by atoms with Crippen LogP contribution in [0.15, 0.2) is 24.3 Å². The lowest BCUT2D eigenvalue weighted by molar-refractivity contribution is -0.228. The Labute approximate surface area is 135 Å². The normalized spacial score (nSPS) is 46.8. The van der Waals surface area contributed by atoms with Crippen LogP contribution >= 0.6 is 0 Å². The molecule has 1 aromatic carbocycles. The Morgan fingerprint density at radius 2 is 1.43 bits per heavy atom. The van der Waals surface area contributed by atoms with Crippen molar-refractivity contribution in [2.75, 3.05) is 38.1 Å². The van der Waals surface area contributed by atoms with Crippen molar-refractivity contribution >= 4 is 17.4 Å². The third kappa shape index (κ3) is 1.26. The number of Topliss-reactive ketones (excluding diaryl/α,β-unsaturated/α-hetero) is 1. The number of anilines is 1. The number of ketones is 1. The van der Waals surface area contributed by atoms with Gasteiger partial charge in [0, 0.05) is 38.8 Å². The van der Waals surface area contributed by atoms with E-state index in [1.165, 1.54) is 0 Å². The molecule has 0 aliphatic carbocycles. The van der Waals surface area contributed by atoms with E-state index in [-0.39, 0.29) is 16.7 Å². The number of fused-ring (bicyclic) bond motifs is 1. The fourth-order valence-electron chi connectivity index (χ4n) is 5.70. The van der Waals surface area contributed by atoms with Gasteiger partial charge in [0.1, 0.15) is 5.78 Å². The van der Waals surface area contributed by atoms with Crippen LogP contribution in [0.2, 0.25) is 0 Å². The number of carbonyl (C=O) groups is 2. The van der Waals surface area contributed by atoms with Gasteiger partial charge >= 0.3 is 0 Å². The van der Waals surface area contributed by atoms with Crippen molar-refractivity contribution in [2.24, 2.45) is 10.8 Å². The summed E-state index contributed by atoms with van der Waals surface area (Å²) in [4.78, 5) is 32.5. The quantitative estimate of drug-likeness (QED) is 0.718. The fraction of sp³-hybridized carbons (Fsp3) is 0.556. The highest BCUT2D eigenvalue weighted by Crippen LogP contribution is 2.58. The molecule has 120 valence electrons. The number of likely N-dealkylation sites (N-methyl/N-ethyl adjacent to an activating group) is 1. The Kier molecular flexibility index (Phi) is 2.19. The maximum absolute atomic E-state index is 13.3. The molecule has 6 rings (SSSR count). The lowest BCUT2D eigenvalue weighted by Crippen LogP contribution is -2.83. The molecule has 1 spiro atoms. The van der Waals surface area contributed by atoms with E-state index in [4.69, 9.17) is 0 Å². The summed E-state index contributed by atoms with van der Waals surface area (Å²) in [5.74, 6) is 0.497. The molecule has 5 heteroatoms. The first-order valence-electron chi connectivity index (χ1n) is 8.26. The number of hydrogen-bond donors (Lipinski definition) is 0. The monoisotopic (exact) mass is 311 g/mol. The molecule has 5 nitrogen and oxygen atoms in total. The highest BCUT2D eigenvalue weighted by molar-refractivity contribution is 6.08. The van der Waals surface area contributed by atoms with Gasteiger partial charge in [0.2, 0.25) is 0 Å². The van der Waals surface area contributed by atoms with E-state index in [9.17, 15) is 9.59 Å². The zero-order valence-corrected chi connectivity index (χ0v) is 13.8. The molecule has 4 saturated heterocycles. The summed E-state index contributed by atoms with van der Waals surface area (Å²) in [6.07, 6.45) is 0. The number of rotatable bonds is 0. The summed E-state index contributed by atoms with van der Waals surface area (Å²) >= 11 is 0. The zero-order chi connectivity index (χ0) is 16.2. The van der Waals surface area contributed by atoms with Crippen molar-refractivity contribution in [1.29, 1.82) is 0 Å². The second kappa shape index (κ2) is 3.68. The van der Waals surface area contributed by atoms with Crippen LogP contribution in [0.25, 0.3) is 0 Å². The predicted molar refractivity (Wildman–Crippen MR) is 85.9 cm³/mol. The molecule has 4 bridgehead atoms. The fourth-order valence-corrected chi connectivity index (χ4v) is 5.70. The minimum Gasteiger partial charge on any atom is -0.312 e. The van der Waals surface area contributed by atoms with Gasteiger partial charge in [-0.2, -0.15) is 0 Å². The lowest BCUT2D eigenvalue weighted by atomic mass is 9.60. The van der Waals surface area contributed by atoms with Gasteiger partial charge in [0.25, 0.3) is 5.91 Å². The second-order valence-electron chi connectivity index (χ2n) is 8.22. The Morgan fingerprint density at radius 1 is 0.913 bits per heavy atom. The molecule has 0 unspecified atom stereocenters. The molecule has 1 amide bonds. The first-order chi connectivity index (χ1) is 10.8. The molecule has 5 aliphatic heterocycles. The second-order valence-corrected chi connectivity index (χ2v) is 8.22. The number of nitrogens with zero attached hydrogens (tertiary/aromatic N) is 3. The van der Waals surface area contributed by atoms with E-state index >= 15 is 0 Å². The van der Waals surface area contributed by atoms with E-state index in [0.717, 1.165) is 11.3 Å². The first-order valence-corrected chi connectivity index (χ1v) is 8.26. The van der Waals surface area contributed by atoms with Crippen molar-refractivity contribution in [2.45, 2.75) is 19.5 Å². The number of carbonyl (C=O) groups excluding carboxylic acids is 2. The number of para-hydroxylation sites is 1. The van der Waals surface area contributed by atoms with Crippen molar-refractivity contribution in [3.63, 3.8) is 0 Å². The van der Waals surface area contributed by atoms with Crippen LogP contribution in [0.3, 0.4) is 0 Å². The summed E-state index contributed by atoms with van der Waals surface area (Å²) in [5, 5.41) is 0. The van der Waals surface area contributed by atoms with E-state index in [1.54, 1.807) is 4.90 Å². The van der Waals surface area contributed by atoms with E-state index in [2.05, 4.69) is 29.7 Å². The molecule has 0 N–H and O–H groups in total. The maximum Gasteiger partial charge on any atom is 0.267 e. The molecule has 5 heterocycles. The first kappa shape index (κ1) is 13.7. The molecule has 4 fully saturated rings. The SMILES string of the molecule is CN1C(=O)C2(c3ccccc31)N1CC3(C)CN2CC(C)(C1)C3=O. The third-order valence-corrected chi connectivity index (χ3v) is 6.41. The third-order valence-electron chi connectivity index (χ3n) is 6.41. The molecule has 0 saturated carbocycles. The minimum atomic E-state index is -0.703. The van der Waals surface area contributed by atoms with Gasteiger partial charge in [-0.25, -0.2) is 0 Å². The number of benzene rings is 1. The number of piperidine rings is 2. The van der Waals surface area contributed by atoms with Gasteiger partial charge in [0.15, 0.2) is 5.66 Å². The van der Waals surface area contributed by atoms with Gasteiger partial charge in [-0.15, -0.1) is 0 Å². The topological polar surface area (TPSA) is 43.9 Å². The van der Waals surface area contributed by atoms with E-state index in [0.29, 0.717) is 32.0 Å². The summed E-state index contributed by atoms with van der Waals surface area (Å²) < 4.78 is 0. The van der Waals surface area contributed by atoms with Crippen molar-refractivity contribution in [3.05, 3.63) is 29.8 Å². The lowest BCUT2D eigenvalue weighted by Gasteiger charge is -2.68. The molecule has 0 aromatic heterocycles. The van der Waals surface area contributed by atoms with Crippen LogP contribution in [0.4, 0.5) is 5.69 Å². The standard InChI is InChI=1S/C18H21N3O2/c1-16-8-20-10-17(2,14(16)22)11-21(9-16)18(20)12-6-4-5-7-13(12)19(3)15(18)23/h4-7H,8-11H2,1-3H3. The Bertz CT molecular complexity index is 731. The van der Waals surface area contributed by atoms with E-state index < -0.39 is 5.66 Å². The van der Waals surface area contributed by atoms with Crippen molar-refractivity contribution in [1.82, 2.24) is 9.80 Å². The van der Waals surface area contributed by atoms with Gasteiger partial charge in [-0.1, -0.05) is 32.0 Å². The highest BCUT2D eigenvalue weighted by Gasteiger charge is 2.71. The summed E-state index contributed by atoms with van der Waals surface area (Å²) in [5.41, 5.74) is 0.655. The van der Waals surface area contributed by atoms with Crippen LogP contribution < -0.4 is 4.90 Å². The largest absolute Gasteiger partial charge is 0.312 e. The van der Waals surface area contributed by atoms with Crippen LogP contribution in [-0.2, 0) is 15.3 Å². The molecule has 0 atom stereocenters. The molecular weight excluding hydrogens is 290 g/mol. The Morgan fingerprint density at radius 3 is 2.00 bits per heavy atom. The van der Waals surface area contributed by atoms with Crippen molar-refractivity contribution < 1.29 is 9.59 Å². The van der Waals surface area contributed by atoms with Gasteiger partial charge in [0.05, 0.1) is 16.5 Å². The van der Waals surface area contributed by atoms with Gasteiger partial charge in [-0.05, 0) is 6.07 Å². The molecule has 5 aliphatic rings. The van der Waals surface area contributed by atoms with Gasteiger partial charge in [-0.3, -0.25) is 19.4 Å². The van der Waals surface area contributed by atoms with Crippen LogP contribution in [0.5, 0.6) is 0 Å². The smallest absolute Gasteiger partial charge is 0.267 e. The van der Waals surface area contributed by atoms with Crippen LogP contribution in [0.1, 0.15) is 19.4 Å². The molecule has 1 aromatic rings. The summed E-state index contributed by atoms with van der Waals surface area (Å²) in [6.45, 7) is 6.82. The van der Waals surface area contributed by atoms with Crippen LogP contribution in [0, 0.1) is 10.8 Å². The molecule has 0 radical (unpaired) electrons. The summed E-state index contributed by atoms with van der Waals surface area (Å²) in [7, 11) is 1.86. The highest BCUT2D eigenvalue weighted by atomic mass is 16.2. The molecule has 23 heavy (non-hydrogen) atoms. The predicted octanol–water partition coefficient (Wildman–Crippen LogP) is 1.04. The average Bonchev–Trinajstić information content (AvgIpc) is 2.72. The minimum absolute atomic E-state index is 0.122. The Balaban J connectivity index is 1.75. The Hall–Kier alpha value is -1.72. The van der Waals surface area contributed by atoms with Crippen LogP contribution in [-0.4, -0.2) is 54.7 Å². The number of amides is 1. The van der Waals surface area contributed by atoms with E-state index in [1.807, 2.05) is 25.2 Å².